The van der Waals surface area contributed by atoms with Crippen molar-refractivity contribution in [1.82, 2.24) is 4.98 Å². The lowest BCUT2D eigenvalue weighted by Gasteiger charge is -2.18. The molecule has 1 aromatic carbocycles. The van der Waals surface area contributed by atoms with E-state index in [1.165, 1.54) is 15.6 Å². The average Bonchev–Trinajstić information content (AvgIpc) is 3.38. The smallest absolute Gasteiger partial charge is 0.234 e. The van der Waals surface area contributed by atoms with E-state index in [-0.39, 0.29) is 5.75 Å². The lowest BCUT2D eigenvalue weighted by molar-refractivity contribution is 0.518. The van der Waals surface area contributed by atoms with Gasteiger partial charge in [-0.15, -0.1) is 11.3 Å². The normalized spacial score (nSPS) is 13.8. The predicted octanol–water partition coefficient (Wildman–Crippen LogP) is 3.73. The molecule has 1 N–H and O–H groups in total. The second kappa shape index (κ2) is 6.77. The largest absolute Gasteiger partial charge is 0.467 e. The molecule has 0 aliphatic carbocycles. The van der Waals surface area contributed by atoms with Gasteiger partial charge in [0.15, 0.2) is 5.13 Å². The zero-order chi connectivity index (χ0) is 18.1. The van der Waals surface area contributed by atoms with Gasteiger partial charge in [0.05, 0.1) is 29.9 Å². The first kappa shape index (κ1) is 17.1. The minimum Gasteiger partial charge on any atom is -0.467 e. The third-order valence-corrected chi connectivity index (χ3v) is 7.01. The number of furan rings is 1. The molecule has 0 atom stereocenters. The summed E-state index contributed by atoms with van der Waals surface area (Å²) in [6.07, 6.45) is 2.38. The summed E-state index contributed by atoms with van der Waals surface area (Å²) in [7, 11) is -3.21. The van der Waals surface area contributed by atoms with Gasteiger partial charge in [-0.25, -0.2) is 13.4 Å². The van der Waals surface area contributed by atoms with Crippen LogP contribution in [-0.4, -0.2) is 25.7 Å². The standard InChI is InChI=1S/C18H19N3O3S2/c1-2-26(22,23)21-8-7-14-10-13(5-6-17(14)21)16-12-25-18(20-16)19-11-15-4-3-9-24-15/h3-6,9-10,12H,2,7-8,11H2,1H3,(H,19,20). The topological polar surface area (TPSA) is 75.4 Å². The van der Waals surface area contributed by atoms with Crippen LogP contribution in [0, 0.1) is 0 Å². The Morgan fingerprint density at radius 2 is 2.23 bits per heavy atom. The number of nitrogens with zero attached hydrogens (tertiary/aromatic N) is 2. The van der Waals surface area contributed by atoms with Crippen LogP contribution in [0.4, 0.5) is 10.8 Å². The van der Waals surface area contributed by atoms with Gasteiger partial charge in [-0.3, -0.25) is 4.31 Å². The molecule has 0 amide bonds. The third kappa shape index (κ3) is 3.22. The molecule has 0 spiro atoms. The Labute approximate surface area is 156 Å². The number of aromatic nitrogens is 1. The van der Waals surface area contributed by atoms with E-state index in [0.29, 0.717) is 13.1 Å². The van der Waals surface area contributed by atoms with E-state index in [0.717, 1.165) is 39.8 Å². The Bertz CT molecular complexity index is 1010. The van der Waals surface area contributed by atoms with Gasteiger partial charge >= 0.3 is 0 Å². The molecule has 3 heterocycles. The molecule has 0 bridgehead atoms. The Morgan fingerprint density at radius 1 is 1.35 bits per heavy atom. The molecule has 2 aromatic heterocycles. The molecule has 26 heavy (non-hydrogen) atoms. The van der Waals surface area contributed by atoms with Crippen molar-refractivity contribution in [3.05, 3.63) is 53.3 Å². The molecule has 0 saturated heterocycles. The molecule has 4 rings (SSSR count). The van der Waals surface area contributed by atoms with Crippen molar-refractivity contribution < 1.29 is 12.8 Å². The molecule has 1 aliphatic rings. The highest BCUT2D eigenvalue weighted by Gasteiger charge is 2.28. The summed E-state index contributed by atoms with van der Waals surface area (Å²) < 4.78 is 31.2. The number of fused-ring (bicyclic) bond motifs is 1. The summed E-state index contributed by atoms with van der Waals surface area (Å²) in [5.41, 5.74) is 3.73. The zero-order valence-corrected chi connectivity index (χ0v) is 15.9. The highest BCUT2D eigenvalue weighted by Crippen LogP contribution is 2.35. The third-order valence-electron chi connectivity index (χ3n) is 4.43. The molecular formula is C18H19N3O3S2. The Morgan fingerprint density at radius 3 is 3.00 bits per heavy atom. The zero-order valence-electron chi connectivity index (χ0n) is 14.3. The minimum atomic E-state index is -3.21. The molecule has 3 aromatic rings. The summed E-state index contributed by atoms with van der Waals surface area (Å²) in [5.74, 6) is 0.974. The SMILES string of the molecule is CCS(=O)(=O)N1CCc2cc(-c3csc(NCc4ccco4)n3)ccc21. The average molecular weight is 390 g/mol. The van der Waals surface area contributed by atoms with Crippen molar-refractivity contribution >= 4 is 32.2 Å². The maximum absolute atomic E-state index is 12.2. The molecular weight excluding hydrogens is 370 g/mol. The minimum absolute atomic E-state index is 0.116. The molecule has 0 saturated carbocycles. The van der Waals surface area contributed by atoms with Gasteiger partial charge in [0, 0.05) is 17.5 Å². The van der Waals surface area contributed by atoms with Crippen LogP contribution >= 0.6 is 11.3 Å². The monoisotopic (exact) mass is 389 g/mol. The highest BCUT2D eigenvalue weighted by molar-refractivity contribution is 7.92. The summed E-state index contributed by atoms with van der Waals surface area (Å²) in [5, 5.41) is 6.08. The molecule has 8 heteroatoms. The Kier molecular flexibility index (Phi) is 4.46. The number of hydrogen-bond acceptors (Lipinski definition) is 6. The molecule has 0 radical (unpaired) electrons. The van der Waals surface area contributed by atoms with Gasteiger partial charge in [-0.05, 0) is 43.2 Å². The van der Waals surface area contributed by atoms with Crippen LogP contribution in [0.2, 0.25) is 0 Å². The molecule has 0 unspecified atom stereocenters. The van der Waals surface area contributed by atoms with Gasteiger partial charge < -0.3 is 9.73 Å². The fourth-order valence-electron chi connectivity index (χ4n) is 3.04. The Hall–Kier alpha value is -2.32. The number of sulfonamides is 1. The number of thiazole rings is 1. The number of rotatable bonds is 6. The predicted molar refractivity (Wildman–Crippen MR) is 104 cm³/mol. The van der Waals surface area contributed by atoms with Crippen LogP contribution in [-0.2, 0) is 23.0 Å². The number of nitrogens with one attached hydrogen (secondary N) is 1. The van der Waals surface area contributed by atoms with Crippen molar-refractivity contribution in [2.45, 2.75) is 19.9 Å². The first-order valence-electron chi connectivity index (χ1n) is 8.42. The number of anilines is 2. The van der Waals surface area contributed by atoms with Crippen molar-refractivity contribution in [3.8, 4) is 11.3 Å². The first-order valence-corrected chi connectivity index (χ1v) is 10.9. The van der Waals surface area contributed by atoms with Crippen LogP contribution < -0.4 is 9.62 Å². The molecule has 6 nitrogen and oxygen atoms in total. The molecule has 0 fully saturated rings. The highest BCUT2D eigenvalue weighted by atomic mass is 32.2. The van der Waals surface area contributed by atoms with E-state index >= 15 is 0 Å². The molecule has 136 valence electrons. The quantitative estimate of drug-likeness (QED) is 0.695. The lowest BCUT2D eigenvalue weighted by Crippen LogP contribution is -2.30. The summed E-state index contributed by atoms with van der Waals surface area (Å²) >= 11 is 1.54. The fourth-order valence-corrected chi connectivity index (χ4v) is 4.92. The van der Waals surface area contributed by atoms with Gasteiger partial charge in [0.1, 0.15) is 5.76 Å². The summed E-state index contributed by atoms with van der Waals surface area (Å²) in [6.45, 7) is 2.78. The van der Waals surface area contributed by atoms with E-state index in [2.05, 4.69) is 10.3 Å². The maximum atomic E-state index is 12.2. The maximum Gasteiger partial charge on any atom is 0.234 e. The van der Waals surface area contributed by atoms with Gasteiger partial charge in [-0.2, -0.15) is 0 Å². The van der Waals surface area contributed by atoms with Crippen LogP contribution in [0.5, 0.6) is 0 Å². The van der Waals surface area contributed by atoms with E-state index in [1.807, 2.05) is 35.7 Å². The van der Waals surface area contributed by atoms with Crippen LogP contribution in [0.3, 0.4) is 0 Å². The first-order chi connectivity index (χ1) is 12.6. The van der Waals surface area contributed by atoms with Crippen LogP contribution in [0.15, 0.2) is 46.4 Å². The summed E-state index contributed by atoms with van der Waals surface area (Å²) in [6, 6.07) is 9.65. The van der Waals surface area contributed by atoms with Crippen molar-refractivity contribution in [2.75, 3.05) is 21.9 Å². The second-order valence-electron chi connectivity index (χ2n) is 6.04. The van der Waals surface area contributed by atoms with E-state index in [4.69, 9.17) is 4.42 Å². The fraction of sp³-hybridized carbons (Fsp3) is 0.278. The Balaban J connectivity index is 1.53. The van der Waals surface area contributed by atoms with Gasteiger partial charge in [0.2, 0.25) is 10.0 Å². The van der Waals surface area contributed by atoms with Crippen molar-refractivity contribution in [2.24, 2.45) is 0 Å². The van der Waals surface area contributed by atoms with E-state index in [1.54, 1.807) is 13.2 Å². The van der Waals surface area contributed by atoms with E-state index in [9.17, 15) is 8.42 Å². The summed E-state index contributed by atoms with van der Waals surface area (Å²) in [4.78, 5) is 4.62. The second-order valence-corrected chi connectivity index (χ2v) is 9.08. The van der Waals surface area contributed by atoms with Gasteiger partial charge in [-0.1, -0.05) is 6.07 Å². The molecule has 1 aliphatic heterocycles. The van der Waals surface area contributed by atoms with Gasteiger partial charge in [0.25, 0.3) is 0 Å². The van der Waals surface area contributed by atoms with Crippen LogP contribution in [0.1, 0.15) is 18.2 Å². The number of benzene rings is 1. The lowest BCUT2D eigenvalue weighted by atomic mass is 10.1. The number of hydrogen-bond donors (Lipinski definition) is 1. The van der Waals surface area contributed by atoms with Crippen molar-refractivity contribution in [1.29, 1.82) is 0 Å². The van der Waals surface area contributed by atoms with Crippen LogP contribution in [0.25, 0.3) is 11.3 Å². The van der Waals surface area contributed by atoms with E-state index < -0.39 is 10.0 Å². The van der Waals surface area contributed by atoms with Crippen molar-refractivity contribution in [3.63, 3.8) is 0 Å².